The largest absolute Gasteiger partial charge is 0.493 e. The van der Waals surface area contributed by atoms with Crippen molar-refractivity contribution in [3.63, 3.8) is 0 Å². The highest BCUT2D eigenvalue weighted by molar-refractivity contribution is 7.10. The zero-order valence-electron chi connectivity index (χ0n) is 20.2. The fourth-order valence-electron chi connectivity index (χ4n) is 4.67. The molecule has 2 heterocycles. The minimum absolute atomic E-state index is 0.0190. The third-order valence-corrected chi connectivity index (χ3v) is 8.10. The Morgan fingerprint density at radius 2 is 1.83 bits per heavy atom. The van der Waals surface area contributed by atoms with Crippen molar-refractivity contribution in [1.82, 2.24) is 9.80 Å². The van der Waals surface area contributed by atoms with Crippen molar-refractivity contribution in [1.29, 1.82) is 0 Å². The predicted octanol–water partition coefficient (Wildman–Crippen LogP) is 5.47. The molecular formula is C28H29ClN2O4S. The number of amides is 2. The quantitative estimate of drug-likeness (QED) is 0.372. The standard InChI is InChI=1S/C28H29ClN2O4S/c1-34-24-8-4-5-9-25(24)35-18-23-21-13-15-36-26(21)12-14-31(23)27(32)17-30(16-19-10-11-19)28(33)20-6-2-3-7-22(20)29/h2-9,13,15,19,23H,10-12,14,16-18H2,1H3. The van der Waals surface area contributed by atoms with Gasteiger partial charge in [0.15, 0.2) is 11.5 Å². The average molecular weight is 525 g/mol. The molecule has 1 aromatic heterocycles. The Balaban J connectivity index is 1.36. The molecule has 2 aromatic carbocycles. The van der Waals surface area contributed by atoms with Crippen LogP contribution in [-0.2, 0) is 11.2 Å². The van der Waals surface area contributed by atoms with E-state index in [1.54, 1.807) is 47.6 Å². The van der Waals surface area contributed by atoms with Gasteiger partial charge in [0.05, 0.1) is 23.7 Å². The summed E-state index contributed by atoms with van der Waals surface area (Å²) in [5, 5.41) is 2.47. The van der Waals surface area contributed by atoms with E-state index < -0.39 is 0 Å². The first-order chi connectivity index (χ1) is 17.5. The molecule has 0 spiro atoms. The van der Waals surface area contributed by atoms with Gasteiger partial charge in [-0.15, -0.1) is 11.3 Å². The highest BCUT2D eigenvalue weighted by atomic mass is 35.5. The van der Waals surface area contributed by atoms with Crippen LogP contribution in [0, 0.1) is 5.92 Å². The van der Waals surface area contributed by atoms with Gasteiger partial charge in [-0.05, 0) is 66.5 Å². The first-order valence-electron chi connectivity index (χ1n) is 12.2. The zero-order valence-corrected chi connectivity index (χ0v) is 21.8. The number of ether oxygens (including phenoxy) is 2. The van der Waals surface area contributed by atoms with Crippen LogP contribution in [0.5, 0.6) is 11.5 Å². The molecule has 1 fully saturated rings. The van der Waals surface area contributed by atoms with Gasteiger partial charge < -0.3 is 19.3 Å². The molecule has 1 aliphatic carbocycles. The van der Waals surface area contributed by atoms with Crippen LogP contribution in [0.3, 0.4) is 0 Å². The van der Waals surface area contributed by atoms with E-state index in [0.717, 1.165) is 24.8 Å². The summed E-state index contributed by atoms with van der Waals surface area (Å²) < 4.78 is 11.6. The molecule has 8 heteroatoms. The lowest BCUT2D eigenvalue weighted by Gasteiger charge is -2.37. The number of benzene rings is 2. The van der Waals surface area contributed by atoms with E-state index in [1.807, 2.05) is 29.2 Å². The van der Waals surface area contributed by atoms with Crippen molar-refractivity contribution in [3.05, 3.63) is 81.0 Å². The molecule has 0 saturated heterocycles. The normalized spacial score (nSPS) is 16.8. The summed E-state index contributed by atoms with van der Waals surface area (Å²) in [6.45, 7) is 1.47. The Bertz CT molecular complexity index is 1240. The van der Waals surface area contributed by atoms with Gasteiger partial charge in [0.1, 0.15) is 13.2 Å². The predicted molar refractivity (Wildman–Crippen MR) is 141 cm³/mol. The molecule has 0 N–H and O–H groups in total. The van der Waals surface area contributed by atoms with E-state index in [1.165, 1.54) is 4.88 Å². The summed E-state index contributed by atoms with van der Waals surface area (Å²) in [5.74, 6) is 1.45. The maximum Gasteiger partial charge on any atom is 0.255 e. The third kappa shape index (κ3) is 5.37. The van der Waals surface area contributed by atoms with Crippen LogP contribution in [-0.4, -0.2) is 55.0 Å². The highest BCUT2D eigenvalue weighted by Gasteiger charge is 2.35. The number of methoxy groups -OCH3 is 1. The Kier molecular flexibility index (Phi) is 7.48. The number of rotatable bonds is 9. The molecule has 0 bridgehead atoms. The van der Waals surface area contributed by atoms with Gasteiger partial charge in [0.25, 0.3) is 5.91 Å². The van der Waals surface area contributed by atoms with Crippen molar-refractivity contribution in [3.8, 4) is 11.5 Å². The maximum absolute atomic E-state index is 13.7. The third-order valence-electron chi connectivity index (χ3n) is 6.77. The minimum Gasteiger partial charge on any atom is -0.493 e. The van der Waals surface area contributed by atoms with Gasteiger partial charge in [-0.25, -0.2) is 0 Å². The lowest BCUT2D eigenvalue weighted by Crippen LogP contribution is -2.48. The topological polar surface area (TPSA) is 59.1 Å². The van der Waals surface area contributed by atoms with E-state index in [2.05, 4.69) is 11.4 Å². The zero-order chi connectivity index (χ0) is 25.1. The molecule has 6 nitrogen and oxygen atoms in total. The molecule has 36 heavy (non-hydrogen) atoms. The van der Waals surface area contributed by atoms with Crippen molar-refractivity contribution in [2.24, 2.45) is 5.92 Å². The summed E-state index contributed by atoms with van der Waals surface area (Å²) in [5.41, 5.74) is 1.54. The Labute approximate surface area is 220 Å². The number of halogens is 1. The van der Waals surface area contributed by atoms with Crippen molar-refractivity contribution < 1.29 is 19.1 Å². The molecule has 5 rings (SSSR count). The number of carbonyl (C=O) groups is 2. The van der Waals surface area contributed by atoms with Crippen LogP contribution in [0.4, 0.5) is 0 Å². The van der Waals surface area contributed by atoms with Crippen molar-refractivity contribution in [2.45, 2.75) is 25.3 Å². The van der Waals surface area contributed by atoms with E-state index in [-0.39, 0.29) is 24.4 Å². The molecule has 1 atom stereocenters. The first-order valence-corrected chi connectivity index (χ1v) is 13.5. The fourth-order valence-corrected chi connectivity index (χ4v) is 5.82. The lowest BCUT2D eigenvalue weighted by molar-refractivity contribution is -0.135. The molecule has 188 valence electrons. The van der Waals surface area contributed by atoms with Crippen LogP contribution >= 0.6 is 22.9 Å². The smallest absolute Gasteiger partial charge is 0.255 e. The van der Waals surface area contributed by atoms with Gasteiger partial charge in [-0.3, -0.25) is 9.59 Å². The van der Waals surface area contributed by atoms with Gasteiger partial charge in [0.2, 0.25) is 5.91 Å². The lowest BCUT2D eigenvalue weighted by atomic mass is 10.00. The second-order valence-corrected chi connectivity index (χ2v) is 10.6. The first kappa shape index (κ1) is 24.7. The fraction of sp³-hybridized carbons (Fsp3) is 0.357. The number of hydrogen-bond donors (Lipinski definition) is 0. The molecule has 1 aliphatic heterocycles. The SMILES string of the molecule is COc1ccccc1OCC1c2ccsc2CCN1C(=O)CN(CC1CC1)C(=O)c1ccccc1Cl. The number of carbonyl (C=O) groups excluding carboxylic acids is 2. The maximum atomic E-state index is 13.7. The van der Waals surface area contributed by atoms with E-state index in [9.17, 15) is 9.59 Å². The van der Waals surface area contributed by atoms with E-state index >= 15 is 0 Å². The van der Waals surface area contributed by atoms with Gasteiger partial charge >= 0.3 is 0 Å². The van der Waals surface area contributed by atoms with Gasteiger partial charge in [0, 0.05) is 18.0 Å². The number of hydrogen-bond acceptors (Lipinski definition) is 5. The number of nitrogens with zero attached hydrogens (tertiary/aromatic N) is 2. The average Bonchev–Trinajstić information content (AvgIpc) is 3.59. The number of thiophene rings is 1. The molecule has 3 aromatic rings. The molecule has 2 amide bonds. The Morgan fingerprint density at radius 3 is 2.58 bits per heavy atom. The summed E-state index contributed by atoms with van der Waals surface area (Å²) in [6, 6.07) is 16.4. The number of fused-ring (bicyclic) bond motifs is 1. The van der Waals surface area contributed by atoms with Crippen molar-refractivity contribution >= 4 is 34.8 Å². The molecule has 2 aliphatic rings. The Hall–Kier alpha value is -3.03. The molecular weight excluding hydrogens is 496 g/mol. The second-order valence-electron chi connectivity index (χ2n) is 9.22. The van der Waals surface area contributed by atoms with Crippen LogP contribution in [0.2, 0.25) is 5.02 Å². The van der Waals surface area contributed by atoms with Gasteiger partial charge in [-0.2, -0.15) is 0 Å². The van der Waals surface area contributed by atoms with Gasteiger partial charge in [-0.1, -0.05) is 35.9 Å². The van der Waals surface area contributed by atoms with Crippen LogP contribution < -0.4 is 9.47 Å². The summed E-state index contributed by atoms with van der Waals surface area (Å²) in [6.07, 6.45) is 2.96. The highest BCUT2D eigenvalue weighted by Crippen LogP contribution is 2.36. The van der Waals surface area contributed by atoms with E-state index in [0.29, 0.717) is 47.7 Å². The van der Waals surface area contributed by atoms with E-state index in [4.69, 9.17) is 21.1 Å². The van der Waals surface area contributed by atoms with Crippen LogP contribution in [0.1, 0.15) is 39.7 Å². The summed E-state index contributed by atoms with van der Waals surface area (Å²) in [4.78, 5) is 31.9. The van der Waals surface area contributed by atoms with Crippen molar-refractivity contribution in [2.75, 3.05) is 33.4 Å². The molecule has 0 radical (unpaired) electrons. The molecule has 1 unspecified atom stereocenters. The van der Waals surface area contributed by atoms with Crippen LogP contribution in [0.25, 0.3) is 0 Å². The van der Waals surface area contributed by atoms with Crippen LogP contribution in [0.15, 0.2) is 60.0 Å². The summed E-state index contributed by atoms with van der Waals surface area (Å²) >= 11 is 8.03. The second kappa shape index (κ2) is 10.9. The number of para-hydroxylation sites is 2. The summed E-state index contributed by atoms with van der Waals surface area (Å²) in [7, 11) is 1.61. The Morgan fingerprint density at radius 1 is 1.08 bits per heavy atom. The monoisotopic (exact) mass is 524 g/mol. The minimum atomic E-state index is -0.240. The molecule has 1 saturated carbocycles.